The number of non-ortho nitro benzene ring substituents is 2. The quantitative estimate of drug-likeness (QED) is 0.0958. The van der Waals surface area contributed by atoms with E-state index in [9.17, 15) is 29.8 Å². The Hall–Kier alpha value is -7.86. The van der Waals surface area contributed by atoms with Crippen molar-refractivity contribution in [3.8, 4) is 28.3 Å². The molecule has 0 bridgehead atoms. The number of imidazole rings is 2. The van der Waals surface area contributed by atoms with Gasteiger partial charge in [-0.1, -0.05) is 78.9 Å². The second-order valence-electron chi connectivity index (χ2n) is 16.8. The molecule has 0 aliphatic carbocycles. The fourth-order valence-electron chi connectivity index (χ4n) is 8.16. The van der Waals surface area contributed by atoms with Gasteiger partial charge in [-0.25, -0.2) is 24.1 Å². The highest BCUT2D eigenvalue weighted by atomic mass is 16.6. The third-order valence-corrected chi connectivity index (χ3v) is 12.2. The average Bonchev–Trinajstić information content (AvgIpc) is 4.10. The van der Waals surface area contributed by atoms with Crippen molar-refractivity contribution in [2.45, 2.75) is 50.9 Å². The number of nitrogens with zero attached hydrogens (tertiary/aromatic N) is 9. The highest BCUT2D eigenvalue weighted by Crippen LogP contribution is 2.24. The van der Waals surface area contributed by atoms with Gasteiger partial charge in [-0.3, -0.25) is 34.6 Å². The van der Waals surface area contributed by atoms with Crippen LogP contribution in [0.5, 0.6) is 5.75 Å². The van der Waals surface area contributed by atoms with Gasteiger partial charge in [0.2, 0.25) is 0 Å². The van der Waals surface area contributed by atoms with Crippen LogP contribution < -0.4 is 10.1 Å². The number of piperidine rings is 2. The SMILES string of the molecule is CN(C(=O)n1cnc(-c2ccc([N+](=O)[O-])cc2)c1)C1CCN(Cc2ccccc2)CC1.CNC1CCN(Cc2ccccc2)CC1.O=C(Oc1ccccc1)n1cnc(-c2ccc([N+](=O)[O-])cc2)c1. The van der Waals surface area contributed by atoms with Gasteiger partial charge in [0.25, 0.3) is 11.4 Å². The van der Waals surface area contributed by atoms with E-state index in [-0.39, 0.29) is 23.4 Å². The van der Waals surface area contributed by atoms with Crippen LogP contribution in [-0.2, 0) is 13.1 Å². The Morgan fingerprint density at radius 3 is 1.49 bits per heavy atom. The van der Waals surface area contributed by atoms with Crippen LogP contribution in [0.3, 0.4) is 0 Å². The molecule has 1 N–H and O–H groups in total. The zero-order valence-electron chi connectivity index (χ0n) is 38.7. The highest BCUT2D eigenvalue weighted by molar-refractivity contribution is 5.78. The summed E-state index contributed by atoms with van der Waals surface area (Å²) in [5.41, 5.74) is 5.28. The Morgan fingerprint density at radius 1 is 0.623 bits per heavy atom. The van der Waals surface area contributed by atoms with Gasteiger partial charge in [-0.2, -0.15) is 0 Å². The van der Waals surface area contributed by atoms with Gasteiger partial charge < -0.3 is 15.0 Å². The first-order chi connectivity index (χ1) is 33.5. The van der Waals surface area contributed by atoms with Crippen molar-refractivity contribution in [2.24, 2.45) is 0 Å². The molecule has 0 radical (unpaired) electrons. The minimum Gasteiger partial charge on any atom is -0.410 e. The first-order valence-corrected chi connectivity index (χ1v) is 22.8. The minimum absolute atomic E-state index is 0.00308. The van der Waals surface area contributed by atoms with Crippen molar-refractivity contribution in [1.82, 2.24) is 39.1 Å². The summed E-state index contributed by atoms with van der Waals surface area (Å²) >= 11 is 0. The normalized spacial score (nSPS) is 14.3. The number of likely N-dealkylation sites (tertiary alicyclic amines) is 2. The standard InChI is InChI=1S/C23H25N5O3.C16H11N3O4.C13H20N2/c1-25(20-11-13-26(14-12-20)15-18-5-3-2-4-6-18)23(29)27-16-22(24-17-27)19-7-9-21(10-8-19)28(30)31;20-16(23-14-4-2-1-3-5-14)18-10-15(17-11-18)12-6-8-13(9-7-12)19(21)22;1-14-13-7-9-15(10-8-13)11-12-5-3-2-4-6-12/h2-10,16-17,20H,11-15H2,1H3;1-11H;2-6,13-14H,7-11H2,1H3. The summed E-state index contributed by atoms with van der Waals surface area (Å²) < 4.78 is 7.89. The fraction of sp³-hybridized carbons (Fsp3) is 0.269. The van der Waals surface area contributed by atoms with Crippen LogP contribution in [0, 0.1) is 20.2 Å². The molecule has 2 fully saturated rings. The second-order valence-corrected chi connectivity index (χ2v) is 16.8. The van der Waals surface area contributed by atoms with Gasteiger partial charge in [-0.15, -0.1) is 0 Å². The number of nitro groups is 2. The first kappa shape index (κ1) is 49.1. The average molecular weight is 933 g/mol. The van der Waals surface area contributed by atoms with E-state index in [2.05, 4.69) is 86.7 Å². The van der Waals surface area contributed by atoms with E-state index in [1.54, 1.807) is 59.6 Å². The number of carbonyl (C=O) groups is 2. The van der Waals surface area contributed by atoms with E-state index in [1.165, 1.54) is 89.3 Å². The van der Waals surface area contributed by atoms with Crippen molar-refractivity contribution in [1.29, 1.82) is 0 Å². The van der Waals surface area contributed by atoms with E-state index >= 15 is 0 Å². The topological polar surface area (TPSA) is 187 Å². The molecule has 4 heterocycles. The van der Waals surface area contributed by atoms with Crippen LogP contribution in [0.2, 0.25) is 0 Å². The zero-order chi connectivity index (χ0) is 48.5. The van der Waals surface area contributed by atoms with Crippen molar-refractivity contribution >= 4 is 23.5 Å². The molecule has 2 saturated heterocycles. The van der Waals surface area contributed by atoms with Gasteiger partial charge in [-0.05, 0) is 93.3 Å². The monoisotopic (exact) mass is 932 g/mol. The van der Waals surface area contributed by atoms with Crippen LogP contribution in [0.25, 0.3) is 22.5 Å². The smallest absolute Gasteiger partial charge is 0.410 e. The maximum Gasteiger partial charge on any atom is 0.424 e. The van der Waals surface area contributed by atoms with E-state index in [1.807, 2.05) is 19.2 Å². The lowest BCUT2D eigenvalue weighted by Gasteiger charge is -2.36. The second kappa shape index (κ2) is 24.2. The molecule has 2 aliphatic heterocycles. The third-order valence-electron chi connectivity index (χ3n) is 12.2. The lowest BCUT2D eigenvalue weighted by atomic mass is 10.0. The molecule has 5 aromatic carbocycles. The number of ether oxygens (including phenoxy) is 1. The number of amides is 1. The molecule has 2 aromatic heterocycles. The maximum absolute atomic E-state index is 13.0. The molecule has 2 aliphatic rings. The van der Waals surface area contributed by atoms with Gasteiger partial charge in [0.05, 0.1) is 21.2 Å². The third kappa shape index (κ3) is 14.1. The summed E-state index contributed by atoms with van der Waals surface area (Å²) in [4.78, 5) is 60.7. The molecule has 0 saturated carbocycles. The lowest BCUT2D eigenvalue weighted by molar-refractivity contribution is -0.385. The summed E-state index contributed by atoms with van der Waals surface area (Å²) in [6.07, 6.45) is 9.85. The number of hydrogen-bond donors (Lipinski definition) is 1. The first-order valence-electron chi connectivity index (χ1n) is 22.8. The number of para-hydroxylation sites is 1. The number of carbonyl (C=O) groups excluding carboxylic acids is 2. The van der Waals surface area contributed by atoms with Gasteiger partial charge in [0.15, 0.2) is 0 Å². The summed E-state index contributed by atoms with van der Waals surface area (Å²) in [6.45, 7) is 6.40. The van der Waals surface area contributed by atoms with Crippen LogP contribution in [0.15, 0.2) is 165 Å². The fourth-order valence-corrected chi connectivity index (χ4v) is 8.16. The molecule has 0 spiro atoms. The number of rotatable bonds is 11. The largest absolute Gasteiger partial charge is 0.424 e. The number of aromatic nitrogens is 4. The van der Waals surface area contributed by atoms with Gasteiger partial charge >= 0.3 is 12.1 Å². The summed E-state index contributed by atoms with van der Waals surface area (Å²) in [6, 6.07) is 42.7. The Morgan fingerprint density at radius 2 is 1.04 bits per heavy atom. The van der Waals surface area contributed by atoms with E-state index < -0.39 is 15.9 Å². The summed E-state index contributed by atoms with van der Waals surface area (Å²) in [5.74, 6) is 0.433. The molecule has 69 heavy (non-hydrogen) atoms. The molecule has 356 valence electrons. The predicted molar refractivity (Wildman–Crippen MR) is 264 cm³/mol. The number of benzene rings is 5. The van der Waals surface area contributed by atoms with Crippen molar-refractivity contribution in [3.63, 3.8) is 0 Å². The number of nitro benzene ring substituents is 2. The number of hydrogen-bond acceptors (Lipinski definition) is 12. The lowest BCUT2D eigenvalue weighted by Crippen LogP contribution is -2.46. The van der Waals surface area contributed by atoms with Gasteiger partial charge in [0, 0.05) is 93.1 Å². The van der Waals surface area contributed by atoms with Crippen LogP contribution in [0.1, 0.15) is 36.8 Å². The van der Waals surface area contributed by atoms with Gasteiger partial charge in [0.1, 0.15) is 18.4 Å². The molecule has 17 heteroatoms. The van der Waals surface area contributed by atoms with E-state index in [4.69, 9.17) is 4.74 Å². The van der Waals surface area contributed by atoms with E-state index in [0.717, 1.165) is 50.6 Å². The van der Waals surface area contributed by atoms with Crippen LogP contribution >= 0.6 is 0 Å². The molecular formula is C52H56N10O7. The molecule has 17 nitrogen and oxygen atoms in total. The van der Waals surface area contributed by atoms with E-state index in [0.29, 0.717) is 22.7 Å². The highest BCUT2D eigenvalue weighted by Gasteiger charge is 2.27. The van der Waals surface area contributed by atoms with Crippen molar-refractivity contribution < 1.29 is 24.2 Å². The molecule has 7 aromatic rings. The number of nitrogens with one attached hydrogen (secondary N) is 1. The Labute approximate surface area is 400 Å². The van der Waals surface area contributed by atoms with Crippen molar-refractivity contribution in [2.75, 3.05) is 40.3 Å². The van der Waals surface area contributed by atoms with Crippen molar-refractivity contribution in [3.05, 3.63) is 196 Å². The minimum atomic E-state index is -0.586. The summed E-state index contributed by atoms with van der Waals surface area (Å²) in [5, 5.41) is 24.8. The zero-order valence-corrected chi connectivity index (χ0v) is 38.7. The maximum atomic E-state index is 13.0. The molecule has 0 atom stereocenters. The Balaban J connectivity index is 0.000000163. The molecule has 0 unspecified atom stereocenters. The van der Waals surface area contributed by atoms with Crippen LogP contribution in [-0.4, -0.2) is 108 Å². The molecule has 1 amide bonds. The Kier molecular flexibility index (Phi) is 17.2. The molecular weight excluding hydrogens is 877 g/mol. The predicted octanol–water partition coefficient (Wildman–Crippen LogP) is 9.40. The summed E-state index contributed by atoms with van der Waals surface area (Å²) in [7, 11) is 3.91. The van der Waals surface area contributed by atoms with Crippen LogP contribution in [0.4, 0.5) is 21.0 Å². The Bertz CT molecular complexity index is 2720. The molecule has 9 rings (SSSR count).